The van der Waals surface area contributed by atoms with Crippen LogP contribution in [0.2, 0.25) is 0 Å². The zero-order valence-electron chi connectivity index (χ0n) is 22.5. The summed E-state index contributed by atoms with van der Waals surface area (Å²) in [7, 11) is 0. The molecule has 0 N–H and O–H groups in total. The molecule has 0 fully saturated rings. The molecule has 0 radical (unpaired) electrons. The van der Waals surface area contributed by atoms with Gasteiger partial charge in [0.15, 0.2) is 0 Å². The first-order valence-electron chi connectivity index (χ1n) is 13.3. The molecule has 0 heterocycles. The number of ether oxygens (including phenoxy) is 4. The van der Waals surface area contributed by atoms with E-state index < -0.39 is 17.9 Å². The van der Waals surface area contributed by atoms with E-state index in [1.54, 1.807) is 36.4 Å². The molecular weight excluding hydrogens is 508 g/mol. The van der Waals surface area contributed by atoms with Crippen LogP contribution < -0.4 is 14.2 Å². The Hall–Kier alpha value is -4.65. The van der Waals surface area contributed by atoms with E-state index in [2.05, 4.69) is 20.1 Å². The largest absolute Gasteiger partial charge is 0.494 e. The molecule has 1 atom stereocenters. The lowest BCUT2D eigenvalue weighted by Gasteiger charge is -2.10. The van der Waals surface area contributed by atoms with Crippen LogP contribution >= 0.6 is 0 Å². The fourth-order valence-corrected chi connectivity index (χ4v) is 4.57. The van der Waals surface area contributed by atoms with E-state index in [0.717, 1.165) is 60.1 Å². The molecule has 1 aliphatic carbocycles. The fourth-order valence-electron chi connectivity index (χ4n) is 4.57. The molecule has 40 heavy (non-hydrogen) atoms. The highest BCUT2D eigenvalue weighted by Gasteiger charge is 2.27. The molecule has 0 saturated heterocycles. The molecule has 0 saturated carbocycles. The Kier molecular flexibility index (Phi) is 9.52. The molecule has 1 aliphatic rings. The standard InChI is InChI=1S/C33H32O7/c1-4-31(34)38-19-9-7-6-8-18-37-24-12-10-23(11-13-24)33(36)40-26-15-17-28-27-16-14-25(39-32(35)5-2)20-29(27)22(3)30(28)21-26/h4-5,10-17,20-22H,1-2,6-9,18-19H2,3H3. The van der Waals surface area contributed by atoms with Crippen LogP contribution in [0.15, 0.2) is 86.0 Å². The summed E-state index contributed by atoms with van der Waals surface area (Å²) < 4.78 is 21.7. The molecule has 0 aliphatic heterocycles. The number of rotatable bonds is 13. The number of carbonyl (C=O) groups excluding carboxylic acids is 3. The first kappa shape index (κ1) is 28.4. The lowest BCUT2D eigenvalue weighted by atomic mass is 9.99. The fraction of sp³-hybridized carbons (Fsp3) is 0.242. The molecule has 3 aromatic carbocycles. The summed E-state index contributed by atoms with van der Waals surface area (Å²) in [6.45, 7) is 9.82. The third-order valence-corrected chi connectivity index (χ3v) is 6.67. The lowest BCUT2D eigenvalue weighted by Crippen LogP contribution is -2.09. The Balaban J connectivity index is 1.27. The highest BCUT2D eigenvalue weighted by molar-refractivity contribution is 5.91. The third kappa shape index (κ3) is 7.05. The van der Waals surface area contributed by atoms with Crippen molar-refractivity contribution in [2.75, 3.05) is 13.2 Å². The summed E-state index contributed by atoms with van der Waals surface area (Å²) >= 11 is 0. The van der Waals surface area contributed by atoms with Crippen molar-refractivity contribution in [2.45, 2.75) is 38.5 Å². The number of hydrogen-bond donors (Lipinski definition) is 0. The minimum Gasteiger partial charge on any atom is -0.494 e. The molecule has 1 unspecified atom stereocenters. The molecular formula is C33H32O7. The molecule has 4 rings (SSSR count). The maximum absolute atomic E-state index is 12.8. The Labute approximate surface area is 234 Å². The summed E-state index contributed by atoms with van der Waals surface area (Å²) in [6, 6.07) is 18.0. The average molecular weight is 541 g/mol. The Morgan fingerprint density at radius 1 is 0.700 bits per heavy atom. The van der Waals surface area contributed by atoms with Gasteiger partial charge in [-0.15, -0.1) is 0 Å². The Morgan fingerprint density at radius 3 is 1.85 bits per heavy atom. The van der Waals surface area contributed by atoms with Crippen LogP contribution in [0.25, 0.3) is 11.1 Å². The van der Waals surface area contributed by atoms with Crippen molar-refractivity contribution in [2.24, 2.45) is 0 Å². The van der Waals surface area contributed by atoms with Crippen LogP contribution in [-0.4, -0.2) is 31.1 Å². The first-order valence-corrected chi connectivity index (χ1v) is 13.3. The smallest absolute Gasteiger partial charge is 0.343 e. The van der Waals surface area contributed by atoms with Gasteiger partial charge in [-0.05, 0) is 96.5 Å². The van der Waals surface area contributed by atoms with Gasteiger partial charge in [0.1, 0.15) is 17.2 Å². The van der Waals surface area contributed by atoms with Crippen molar-refractivity contribution in [3.05, 3.63) is 103 Å². The van der Waals surface area contributed by atoms with E-state index in [4.69, 9.17) is 18.9 Å². The van der Waals surface area contributed by atoms with Gasteiger partial charge in [0.25, 0.3) is 0 Å². The van der Waals surface area contributed by atoms with E-state index in [1.807, 2.05) is 24.3 Å². The van der Waals surface area contributed by atoms with Crippen LogP contribution in [0.5, 0.6) is 17.2 Å². The van der Waals surface area contributed by atoms with Gasteiger partial charge in [-0.1, -0.05) is 32.2 Å². The molecule has 7 heteroatoms. The number of fused-ring (bicyclic) bond motifs is 3. The summed E-state index contributed by atoms with van der Waals surface area (Å²) in [6.07, 6.45) is 5.88. The van der Waals surface area contributed by atoms with E-state index >= 15 is 0 Å². The van der Waals surface area contributed by atoms with Crippen molar-refractivity contribution in [1.82, 2.24) is 0 Å². The number of benzene rings is 3. The van der Waals surface area contributed by atoms with Gasteiger partial charge in [0.2, 0.25) is 0 Å². The topological polar surface area (TPSA) is 88.1 Å². The van der Waals surface area contributed by atoms with Crippen LogP contribution in [0.1, 0.15) is 60.0 Å². The second-order valence-electron chi connectivity index (χ2n) is 9.39. The number of unbranched alkanes of at least 4 members (excludes halogenated alkanes) is 3. The molecule has 3 aromatic rings. The van der Waals surface area contributed by atoms with E-state index in [9.17, 15) is 14.4 Å². The maximum atomic E-state index is 12.8. The van der Waals surface area contributed by atoms with Crippen molar-refractivity contribution in [3.63, 3.8) is 0 Å². The van der Waals surface area contributed by atoms with Crippen LogP contribution in [0.3, 0.4) is 0 Å². The van der Waals surface area contributed by atoms with Crippen LogP contribution in [0, 0.1) is 0 Å². The zero-order chi connectivity index (χ0) is 28.5. The van der Waals surface area contributed by atoms with E-state index in [0.29, 0.717) is 36.0 Å². The molecule has 0 spiro atoms. The monoisotopic (exact) mass is 540 g/mol. The molecule has 0 aromatic heterocycles. The molecule has 0 bridgehead atoms. The quantitative estimate of drug-likeness (QED) is 0.102. The average Bonchev–Trinajstić information content (AvgIpc) is 3.24. The second-order valence-corrected chi connectivity index (χ2v) is 9.39. The van der Waals surface area contributed by atoms with Crippen molar-refractivity contribution in [1.29, 1.82) is 0 Å². The summed E-state index contributed by atoms with van der Waals surface area (Å²) in [5, 5.41) is 0. The highest BCUT2D eigenvalue weighted by Crippen LogP contribution is 2.47. The SMILES string of the molecule is C=CC(=O)OCCCCCCOc1ccc(C(=O)Oc2ccc3c(c2)C(C)c2cc(OC(=O)C=C)ccc2-3)cc1. The minimum atomic E-state index is -0.505. The van der Waals surface area contributed by atoms with Crippen molar-refractivity contribution in [3.8, 4) is 28.4 Å². The molecule has 0 amide bonds. The number of esters is 3. The summed E-state index contributed by atoms with van der Waals surface area (Å²) in [5.74, 6) is 0.289. The van der Waals surface area contributed by atoms with E-state index in [-0.39, 0.29) is 5.92 Å². The normalized spacial score (nSPS) is 13.0. The maximum Gasteiger partial charge on any atom is 0.343 e. The first-order chi connectivity index (χ1) is 19.4. The van der Waals surface area contributed by atoms with Gasteiger partial charge < -0.3 is 18.9 Å². The highest BCUT2D eigenvalue weighted by atomic mass is 16.5. The Morgan fingerprint density at radius 2 is 1.25 bits per heavy atom. The van der Waals surface area contributed by atoms with Crippen molar-refractivity contribution >= 4 is 17.9 Å². The van der Waals surface area contributed by atoms with Gasteiger partial charge in [-0.25, -0.2) is 14.4 Å². The minimum absolute atomic E-state index is 0.0391. The predicted molar refractivity (Wildman–Crippen MR) is 152 cm³/mol. The van der Waals surface area contributed by atoms with E-state index in [1.165, 1.54) is 0 Å². The van der Waals surface area contributed by atoms with Gasteiger partial charge in [0, 0.05) is 18.1 Å². The third-order valence-electron chi connectivity index (χ3n) is 6.67. The summed E-state index contributed by atoms with van der Waals surface area (Å²) in [4.78, 5) is 35.4. The summed E-state index contributed by atoms with van der Waals surface area (Å²) in [5.41, 5.74) is 4.61. The molecule has 206 valence electrons. The van der Waals surface area contributed by atoms with Crippen LogP contribution in [0.4, 0.5) is 0 Å². The van der Waals surface area contributed by atoms with Crippen molar-refractivity contribution < 1.29 is 33.3 Å². The van der Waals surface area contributed by atoms with Gasteiger partial charge in [-0.2, -0.15) is 0 Å². The second kappa shape index (κ2) is 13.4. The lowest BCUT2D eigenvalue weighted by molar-refractivity contribution is -0.137. The molecule has 7 nitrogen and oxygen atoms in total. The van der Waals surface area contributed by atoms with Gasteiger partial charge in [-0.3, -0.25) is 0 Å². The zero-order valence-corrected chi connectivity index (χ0v) is 22.5. The number of carbonyl (C=O) groups is 3. The predicted octanol–water partition coefficient (Wildman–Crippen LogP) is 6.80. The van der Waals surface area contributed by atoms with Gasteiger partial charge in [0.05, 0.1) is 18.8 Å². The van der Waals surface area contributed by atoms with Crippen LogP contribution in [-0.2, 0) is 14.3 Å². The number of hydrogen-bond acceptors (Lipinski definition) is 7. The Bertz CT molecular complexity index is 1400. The van der Waals surface area contributed by atoms with Gasteiger partial charge >= 0.3 is 17.9 Å².